The maximum atomic E-state index is 11.6. The zero-order valence-electron chi connectivity index (χ0n) is 8.64. The van der Waals surface area contributed by atoms with Crippen molar-refractivity contribution in [2.24, 2.45) is 0 Å². The number of rotatable bonds is 2. The topological polar surface area (TPSA) is 59.3 Å². The Morgan fingerprint density at radius 1 is 1.33 bits per heavy atom. The van der Waals surface area contributed by atoms with Gasteiger partial charge in [-0.05, 0) is 26.0 Å². The van der Waals surface area contributed by atoms with Gasteiger partial charge in [-0.1, -0.05) is 6.07 Å². The number of fused-ring (bicyclic) bond motifs is 1. The van der Waals surface area contributed by atoms with E-state index in [9.17, 15) is 4.79 Å². The van der Waals surface area contributed by atoms with Crippen LogP contribution in [0.5, 0.6) is 0 Å². The molecule has 0 bridgehead atoms. The number of anilines is 1. The minimum atomic E-state index is -0.316. The highest BCUT2D eigenvalue weighted by molar-refractivity contribution is 5.41. The normalized spacial score (nSPS) is 10.9. The highest BCUT2D eigenvalue weighted by Crippen LogP contribution is 2.00. The van der Waals surface area contributed by atoms with Gasteiger partial charge in [0.1, 0.15) is 5.65 Å². The van der Waals surface area contributed by atoms with Gasteiger partial charge < -0.3 is 5.32 Å². The minimum absolute atomic E-state index is 0.204. The smallest absolute Gasteiger partial charge is 0.352 e. The van der Waals surface area contributed by atoms with Crippen molar-refractivity contribution in [1.29, 1.82) is 0 Å². The van der Waals surface area contributed by atoms with E-state index in [1.54, 1.807) is 18.3 Å². The van der Waals surface area contributed by atoms with E-state index in [4.69, 9.17) is 0 Å². The molecule has 0 aliphatic heterocycles. The number of nitrogens with zero attached hydrogens (tertiary/aromatic N) is 3. The average molecular weight is 204 g/mol. The van der Waals surface area contributed by atoms with Crippen LogP contribution in [-0.4, -0.2) is 20.4 Å². The lowest BCUT2D eigenvalue weighted by molar-refractivity contribution is 0.853. The fourth-order valence-electron chi connectivity index (χ4n) is 1.29. The monoisotopic (exact) mass is 204 g/mol. The molecule has 0 spiro atoms. The van der Waals surface area contributed by atoms with Crippen LogP contribution in [0.1, 0.15) is 13.8 Å². The van der Waals surface area contributed by atoms with Crippen LogP contribution in [0.15, 0.2) is 29.2 Å². The molecule has 0 aliphatic rings. The number of aromatic nitrogens is 3. The van der Waals surface area contributed by atoms with Crippen molar-refractivity contribution in [1.82, 2.24) is 14.4 Å². The van der Waals surface area contributed by atoms with Gasteiger partial charge in [0.25, 0.3) is 0 Å². The van der Waals surface area contributed by atoms with Crippen molar-refractivity contribution in [3.8, 4) is 0 Å². The zero-order valence-corrected chi connectivity index (χ0v) is 8.64. The highest BCUT2D eigenvalue weighted by atomic mass is 16.1. The molecule has 2 aromatic rings. The van der Waals surface area contributed by atoms with Crippen LogP contribution in [0, 0.1) is 0 Å². The predicted octanol–water partition coefficient (Wildman–Crippen LogP) is 0.910. The molecular weight excluding hydrogens is 192 g/mol. The van der Waals surface area contributed by atoms with Crippen molar-refractivity contribution in [3.05, 3.63) is 34.9 Å². The number of pyridine rings is 1. The van der Waals surface area contributed by atoms with Gasteiger partial charge in [0, 0.05) is 12.2 Å². The molecule has 5 nitrogen and oxygen atoms in total. The first-order valence-corrected chi connectivity index (χ1v) is 4.79. The Hall–Kier alpha value is -1.91. The molecule has 0 amide bonds. The first-order chi connectivity index (χ1) is 7.16. The van der Waals surface area contributed by atoms with E-state index in [2.05, 4.69) is 15.3 Å². The molecule has 0 saturated heterocycles. The van der Waals surface area contributed by atoms with Gasteiger partial charge in [-0.25, -0.2) is 4.79 Å². The molecular formula is C10H12N4O. The summed E-state index contributed by atoms with van der Waals surface area (Å²) in [6, 6.07) is 5.58. The zero-order chi connectivity index (χ0) is 10.8. The lowest BCUT2D eigenvalue weighted by Gasteiger charge is -2.07. The van der Waals surface area contributed by atoms with Crippen LogP contribution in [0.25, 0.3) is 5.65 Å². The van der Waals surface area contributed by atoms with E-state index in [0.717, 1.165) is 0 Å². The van der Waals surface area contributed by atoms with Crippen molar-refractivity contribution in [2.75, 3.05) is 5.32 Å². The molecule has 0 unspecified atom stereocenters. The molecule has 2 aromatic heterocycles. The second-order valence-corrected chi connectivity index (χ2v) is 3.56. The Morgan fingerprint density at radius 3 is 2.87 bits per heavy atom. The van der Waals surface area contributed by atoms with Gasteiger partial charge in [-0.2, -0.15) is 9.97 Å². The summed E-state index contributed by atoms with van der Waals surface area (Å²) in [5, 5.41) is 3.00. The van der Waals surface area contributed by atoms with Crippen LogP contribution < -0.4 is 11.0 Å². The van der Waals surface area contributed by atoms with Crippen LogP contribution in [0.4, 0.5) is 5.95 Å². The number of hydrogen-bond donors (Lipinski definition) is 1. The second kappa shape index (κ2) is 3.68. The van der Waals surface area contributed by atoms with Gasteiger partial charge in [0.2, 0.25) is 5.95 Å². The van der Waals surface area contributed by atoms with Crippen LogP contribution in [-0.2, 0) is 0 Å². The van der Waals surface area contributed by atoms with Gasteiger partial charge in [0.15, 0.2) is 0 Å². The van der Waals surface area contributed by atoms with Gasteiger partial charge in [-0.3, -0.25) is 4.40 Å². The molecule has 0 saturated carbocycles. The Kier molecular flexibility index (Phi) is 2.37. The number of nitrogens with one attached hydrogen (secondary N) is 1. The fraction of sp³-hybridized carbons (Fsp3) is 0.300. The molecule has 1 N–H and O–H groups in total. The Morgan fingerprint density at radius 2 is 2.13 bits per heavy atom. The molecule has 15 heavy (non-hydrogen) atoms. The van der Waals surface area contributed by atoms with Crippen LogP contribution in [0.2, 0.25) is 0 Å². The summed E-state index contributed by atoms with van der Waals surface area (Å²) in [6.07, 6.45) is 1.65. The molecule has 5 heteroatoms. The summed E-state index contributed by atoms with van der Waals surface area (Å²) >= 11 is 0. The van der Waals surface area contributed by atoms with E-state index in [1.807, 2.05) is 19.9 Å². The van der Waals surface area contributed by atoms with Crippen molar-refractivity contribution >= 4 is 11.6 Å². The minimum Gasteiger partial charge on any atom is -0.352 e. The van der Waals surface area contributed by atoms with E-state index in [-0.39, 0.29) is 11.7 Å². The summed E-state index contributed by atoms with van der Waals surface area (Å²) in [5.41, 5.74) is 0.282. The second-order valence-electron chi connectivity index (χ2n) is 3.56. The van der Waals surface area contributed by atoms with E-state index < -0.39 is 0 Å². The van der Waals surface area contributed by atoms with Crippen molar-refractivity contribution < 1.29 is 0 Å². The predicted molar refractivity (Wildman–Crippen MR) is 58.0 cm³/mol. The summed E-state index contributed by atoms with van der Waals surface area (Å²) in [4.78, 5) is 19.6. The Labute approximate surface area is 86.8 Å². The largest absolute Gasteiger partial charge is 0.356 e. The highest BCUT2D eigenvalue weighted by Gasteiger charge is 2.03. The van der Waals surface area contributed by atoms with E-state index in [0.29, 0.717) is 11.6 Å². The fourth-order valence-corrected chi connectivity index (χ4v) is 1.29. The van der Waals surface area contributed by atoms with Crippen molar-refractivity contribution in [2.45, 2.75) is 19.9 Å². The first-order valence-electron chi connectivity index (χ1n) is 4.79. The Bertz CT molecular complexity index is 532. The molecule has 0 aliphatic carbocycles. The lowest BCUT2D eigenvalue weighted by atomic mass is 10.4. The van der Waals surface area contributed by atoms with Crippen molar-refractivity contribution in [3.63, 3.8) is 0 Å². The van der Waals surface area contributed by atoms with E-state index in [1.165, 1.54) is 4.40 Å². The third kappa shape index (κ3) is 1.96. The molecule has 2 rings (SSSR count). The maximum Gasteiger partial charge on any atom is 0.356 e. The average Bonchev–Trinajstić information content (AvgIpc) is 2.16. The molecule has 0 fully saturated rings. The summed E-state index contributed by atoms with van der Waals surface area (Å²) in [5.74, 6) is 0.376. The molecule has 0 atom stereocenters. The first kappa shape index (κ1) is 9.64. The van der Waals surface area contributed by atoms with Gasteiger partial charge >= 0.3 is 5.69 Å². The van der Waals surface area contributed by atoms with Crippen LogP contribution in [0.3, 0.4) is 0 Å². The van der Waals surface area contributed by atoms with E-state index >= 15 is 0 Å². The maximum absolute atomic E-state index is 11.6. The van der Waals surface area contributed by atoms with Gasteiger partial charge in [0.05, 0.1) is 0 Å². The van der Waals surface area contributed by atoms with Crippen LogP contribution >= 0.6 is 0 Å². The van der Waals surface area contributed by atoms with Gasteiger partial charge in [-0.15, -0.1) is 0 Å². The summed E-state index contributed by atoms with van der Waals surface area (Å²) in [6.45, 7) is 3.94. The standard InChI is InChI=1S/C10H12N4O/c1-7(2)11-9-12-8-5-3-4-6-14(8)10(15)13-9/h3-7H,1-2H3,(H,11,13,15). The summed E-state index contributed by atoms with van der Waals surface area (Å²) in [7, 11) is 0. The SMILES string of the molecule is CC(C)Nc1nc(=O)n2ccccc2n1. The molecule has 78 valence electrons. The lowest BCUT2D eigenvalue weighted by Crippen LogP contribution is -2.22. The molecule has 0 aromatic carbocycles. The quantitative estimate of drug-likeness (QED) is 0.789. The summed E-state index contributed by atoms with van der Waals surface area (Å²) < 4.78 is 1.41. The third-order valence-corrected chi connectivity index (χ3v) is 1.88. The molecule has 2 heterocycles. The molecule has 0 radical (unpaired) electrons. The number of hydrogen-bond acceptors (Lipinski definition) is 4. The third-order valence-electron chi connectivity index (χ3n) is 1.88. The Balaban J connectivity index is 2.57.